The van der Waals surface area contributed by atoms with Crippen molar-refractivity contribution in [3.8, 4) is 0 Å². The molecular formula is C14H27N3O2S2. The quantitative estimate of drug-likeness (QED) is 0.754. The third-order valence-electron chi connectivity index (χ3n) is 4.61. The van der Waals surface area contributed by atoms with Crippen LogP contribution in [0.3, 0.4) is 0 Å². The summed E-state index contributed by atoms with van der Waals surface area (Å²) in [5.41, 5.74) is 5.82. The zero-order chi connectivity index (χ0) is 15.3. The van der Waals surface area contributed by atoms with Crippen LogP contribution in [-0.4, -0.2) is 36.8 Å². The number of nitrogens with two attached hydrogens (primary N) is 1. The molecule has 5 nitrogen and oxygen atoms in total. The van der Waals surface area contributed by atoms with Gasteiger partial charge in [0.15, 0.2) is 0 Å². The monoisotopic (exact) mass is 333 g/mol. The maximum atomic E-state index is 12.6. The van der Waals surface area contributed by atoms with Crippen molar-refractivity contribution in [2.45, 2.75) is 63.8 Å². The molecule has 1 aliphatic carbocycles. The number of hydrogen-bond donors (Lipinski definition) is 2. The molecule has 2 rings (SSSR count). The maximum absolute atomic E-state index is 12.6. The highest BCUT2D eigenvalue weighted by Gasteiger charge is 2.32. The molecule has 1 saturated heterocycles. The smallest absolute Gasteiger partial charge is 0.280 e. The minimum atomic E-state index is -3.48. The molecule has 1 unspecified atom stereocenters. The van der Waals surface area contributed by atoms with Gasteiger partial charge in [0.05, 0.1) is 11.0 Å². The lowest BCUT2D eigenvalue weighted by Crippen LogP contribution is -2.53. The lowest BCUT2D eigenvalue weighted by Gasteiger charge is -2.32. The Balaban J connectivity index is 2.05. The molecule has 1 heterocycles. The average Bonchev–Trinajstić information content (AvgIpc) is 2.75. The molecule has 122 valence electrons. The Kier molecular flexibility index (Phi) is 6.40. The van der Waals surface area contributed by atoms with E-state index in [0.717, 1.165) is 51.4 Å². The second kappa shape index (κ2) is 7.85. The molecule has 1 atom stereocenters. The fraction of sp³-hybridized carbons (Fsp3) is 0.929. The van der Waals surface area contributed by atoms with Crippen molar-refractivity contribution in [1.29, 1.82) is 0 Å². The molecule has 0 aromatic carbocycles. The molecule has 2 fully saturated rings. The second-order valence-electron chi connectivity index (χ2n) is 6.21. The van der Waals surface area contributed by atoms with Gasteiger partial charge in [-0.2, -0.15) is 17.4 Å². The molecule has 0 aromatic heterocycles. The van der Waals surface area contributed by atoms with E-state index in [9.17, 15) is 8.42 Å². The Morgan fingerprint density at radius 2 is 1.57 bits per heavy atom. The van der Waals surface area contributed by atoms with E-state index in [-0.39, 0.29) is 10.9 Å². The van der Waals surface area contributed by atoms with E-state index in [0.29, 0.717) is 13.1 Å². The van der Waals surface area contributed by atoms with E-state index in [1.165, 1.54) is 6.42 Å². The maximum Gasteiger partial charge on any atom is 0.280 e. The first-order valence-corrected chi connectivity index (χ1v) is 9.92. The zero-order valence-corrected chi connectivity index (χ0v) is 14.2. The van der Waals surface area contributed by atoms with Gasteiger partial charge in [-0.25, -0.2) is 0 Å². The van der Waals surface area contributed by atoms with E-state index in [2.05, 4.69) is 4.72 Å². The lowest BCUT2D eigenvalue weighted by molar-refractivity contribution is 0.323. The fourth-order valence-corrected chi connectivity index (χ4v) is 5.23. The summed E-state index contributed by atoms with van der Waals surface area (Å²) in [6, 6.07) is -0.395. The van der Waals surface area contributed by atoms with Gasteiger partial charge < -0.3 is 5.73 Å². The highest BCUT2D eigenvalue weighted by molar-refractivity contribution is 7.87. The SMILES string of the molecule is NC(=S)C(NS(=O)(=O)N1CCCCCC1)C1CCCCC1. The zero-order valence-electron chi connectivity index (χ0n) is 12.6. The standard InChI is InChI=1S/C14H27N3O2S2/c15-14(20)13(12-8-4-3-5-9-12)16-21(18,19)17-10-6-1-2-7-11-17/h12-13,16H,1-11H2,(H2,15,20). The summed E-state index contributed by atoms with van der Waals surface area (Å²) in [6.45, 7) is 1.20. The third-order valence-corrected chi connectivity index (χ3v) is 6.46. The van der Waals surface area contributed by atoms with Gasteiger partial charge in [0.1, 0.15) is 0 Å². The Labute approximate surface area is 133 Å². The number of hydrogen-bond acceptors (Lipinski definition) is 3. The van der Waals surface area contributed by atoms with Gasteiger partial charge >= 0.3 is 0 Å². The van der Waals surface area contributed by atoms with E-state index >= 15 is 0 Å². The van der Waals surface area contributed by atoms with Crippen molar-refractivity contribution in [3.05, 3.63) is 0 Å². The topological polar surface area (TPSA) is 75.4 Å². The Bertz CT molecular complexity index is 439. The summed E-state index contributed by atoms with van der Waals surface area (Å²) in [4.78, 5) is 0.278. The summed E-state index contributed by atoms with van der Waals surface area (Å²) in [5, 5.41) is 0. The summed E-state index contributed by atoms with van der Waals surface area (Å²) in [6.07, 6.45) is 9.57. The predicted octanol–water partition coefficient (Wildman–Crippen LogP) is 1.93. The van der Waals surface area contributed by atoms with Crippen LogP contribution >= 0.6 is 12.2 Å². The van der Waals surface area contributed by atoms with Crippen molar-refractivity contribution in [2.24, 2.45) is 11.7 Å². The summed E-state index contributed by atoms with van der Waals surface area (Å²) < 4.78 is 29.5. The number of nitrogens with zero attached hydrogens (tertiary/aromatic N) is 1. The normalized spacial score (nSPS) is 24.4. The summed E-state index contributed by atoms with van der Waals surface area (Å²) in [7, 11) is -3.48. The number of nitrogens with one attached hydrogen (secondary N) is 1. The van der Waals surface area contributed by atoms with Gasteiger partial charge in [-0.3, -0.25) is 0 Å². The van der Waals surface area contributed by atoms with Crippen LogP contribution in [0.1, 0.15) is 57.8 Å². The van der Waals surface area contributed by atoms with Crippen molar-refractivity contribution in [2.75, 3.05) is 13.1 Å². The molecule has 0 radical (unpaired) electrons. The van der Waals surface area contributed by atoms with Gasteiger partial charge in [-0.05, 0) is 31.6 Å². The van der Waals surface area contributed by atoms with E-state index in [4.69, 9.17) is 18.0 Å². The first-order chi connectivity index (χ1) is 10.0. The van der Waals surface area contributed by atoms with Crippen LogP contribution in [0.25, 0.3) is 0 Å². The lowest BCUT2D eigenvalue weighted by atomic mass is 9.84. The second-order valence-corrected chi connectivity index (χ2v) is 8.39. The molecular weight excluding hydrogens is 306 g/mol. The Hall–Kier alpha value is -0.240. The molecule has 0 spiro atoms. The molecule has 21 heavy (non-hydrogen) atoms. The van der Waals surface area contributed by atoms with Crippen molar-refractivity contribution in [1.82, 2.24) is 9.03 Å². The first kappa shape index (κ1) is 17.1. The van der Waals surface area contributed by atoms with Gasteiger partial charge in [0, 0.05) is 13.1 Å². The van der Waals surface area contributed by atoms with Crippen LogP contribution in [-0.2, 0) is 10.2 Å². The van der Waals surface area contributed by atoms with Crippen LogP contribution < -0.4 is 10.5 Å². The van der Waals surface area contributed by atoms with Gasteiger partial charge in [-0.1, -0.05) is 44.3 Å². The molecule has 3 N–H and O–H groups in total. The number of thiocarbonyl (C=S) groups is 1. The first-order valence-electron chi connectivity index (χ1n) is 8.07. The highest BCUT2D eigenvalue weighted by Crippen LogP contribution is 2.27. The molecule has 1 aliphatic heterocycles. The molecule has 2 aliphatic rings. The Morgan fingerprint density at radius 3 is 2.10 bits per heavy atom. The van der Waals surface area contributed by atoms with Crippen LogP contribution in [0.5, 0.6) is 0 Å². The predicted molar refractivity (Wildman–Crippen MR) is 89.2 cm³/mol. The van der Waals surface area contributed by atoms with E-state index < -0.39 is 16.3 Å². The van der Waals surface area contributed by atoms with Crippen molar-refractivity contribution >= 4 is 27.4 Å². The van der Waals surface area contributed by atoms with Crippen LogP contribution in [0, 0.1) is 5.92 Å². The van der Waals surface area contributed by atoms with Gasteiger partial charge in [0.25, 0.3) is 10.2 Å². The van der Waals surface area contributed by atoms with E-state index in [1.54, 1.807) is 4.31 Å². The van der Waals surface area contributed by atoms with Crippen LogP contribution in [0.2, 0.25) is 0 Å². The van der Waals surface area contributed by atoms with E-state index in [1.807, 2.05) is 0 Å². The van der Waals surface area contributed by atoms with Crippen LogP contribution in [0.15, 0.2) is 0 Å². The molecule has 7 heteroatoms. The Morgan fingerprint density at radius 1 is 1.05 bits per heavy atom. The average molecular weight is 334 g/mol. The third kappa shape index (κ3) is 4.87. The van der Waals surface area contributed by atoms with Crippen LogP contribution in [0.4, 0.5) is 0 Å². The highest BCUT2D eigenvalue weighted by atomic mass is 32.2. The minimum absolute atomic E-state index is 0.248. The fourth-order valence-electron chi connectivity index (χ4n) is 3.37. The van der Waals surface area contributed by atoms with Gasteiger partial charge in [-0.15, -0.1) is 0 Å². The molecule has 0 aromatic rings. The van der Waals surface area contributed by atoms with Gasteiger partial charge in [0.2, 0.25) is 0 Å². The summed E-state index contributed by atoms with van der Waals surface area (Å²) >= 11 is 5.13. The molecule has 0 amide bonds. The molecule has 0 bridgehead atoms. The number of rotatable bonds is 5. The minimum Gasteiger partial charge on any atom is -0.392 e. The molecule has 1 saturated carbocycles. The van der Waals surface area contributed by atoms with Crippen molar-refractivity contribution in [3.63, 3.8) is 0 Å². The summed E-state index contributed by atoms with van der Waals surface area (Å²) in [5.74, 6) is 0.248. The largest absolute Gasteiger partial charge is 0.392 e. The van der Waals surface area contributed by atoms with Crippen molar-refractivity contribution < 1.29 is 8.42 Å².